The van der Waals surface area contributed by atoms with Crippen LogP contribution in [-0.2, 0) is 11.3 Å². The van der Waals surface area contributed by atoms with Gasteiger partial charge in [-0.15, -0.1) is 11.6 Å². The molecule has 0 saturated heterocycles. The Morgan fingerprint density at radius 3 is 2.72 bits per heavy atom. The third kappa shape index (κ3) is 4.49. The van der Waals surface area contributed by atoms with Gasteiger partial charge in [0.05, 0.1) is 0 Å². The third-order valence-electron chi connectivity index (χ3n) is 2.52. The summed E-state index contributed by atoms with van der Waals surface area (Å²) in [5.41, 5.74) is 0.514. The fraction of sp³-hybridized carbons (Fsp3) is 0.357. The zero-order chi connectivity index (χ0) is 13.5. The van der Waals surface area contributed by atoms with Crippen molar-refractivity contribution in [3.63, 3.8) is 0 Å². The third-order valence-corrected chi connectivity index (χ3v) is 2.66. The molecule has 1 rings (SSSR count). The van der Waals surface area contributed by atoms with E-state index in [2.05, 4.69) is 0 Å². The van der Waals surface area contributed by atoms with Gasteiger partial charge in [0.2, 0.25) is 5.91 Å². The molecule has 4 heteroatoms. The Balaban J connectivity index is 2.73. The maximum Gasteiger partial charge on any atom is 0.246 e. The number of hydrogen-bond acceptors (Lipinski definition) is 1. The summed E-state index contributed by atoms with van der Waals surface area (Å²) in [7, 11) is 0. The first-order valence-corrected chi connectivity index (χ1v) is 6.32. The second kappa shape index (κ2) is 7.17. The van der Waals surface area contributed by atoms with Crippen LogP contribution in [0.25, 0.3) is 0 Å². The van der Waals surface area contributed by atoms with E-state index < -0.39 is 0 Å². The summed E-state index contributed by atoms with van der Waals surface area (Å²) >= 11 is 5.74. The molecule has 0 fully saturated rings. The summed E-state index contributed by atoms with van der Waals surface area (Å²) in [6.45, 7) is 4.42. The smallest absolute Gasteiger partial charge is 0.246 e. The zero-order valence-electron chi connectivity index (χ0n) is 10.6. The minimum Gasteiger partial charge on any atom is -0.335 e. The van der Waals surface area contributed by atoms with Crippen LogP contribution in [0.2, 0.25) is 0 Å². The van der Waals surface area contributed by atoms with Crippen LogP contribution in [0.1, 0.15) is 19.4 Å². The number of benzene rings is 1. The highest BCUT2D eigenvalue weighted by molar-refractivity contribution is 6.21. The van der Waals surface area contributed by atoms with E-state index >= 15 is 0 Å². The number of alkyl halides is 1. The molecule has 98 valence electrons. The van der Waals surface area contributed by atoms with Crippen LogP contribution in [0.4, 0.5) is 4.39 Å². The molecule has 0 radical (unpaired) electrons. The number of rotatable bonds is 5. The maximum absolute atomic E-state index is 13.5. The number of allylic oxidation sites excluding steroid dienone is 1. The first kappa shape index (κ1) is 14.7. The molecule has 18 heavy (non-hydrogen) atoms. The van der Waals surface area contributed by atoms with Crippen LogP contribution >= 0.6 is 11.6 Å². The van der Waals surface area contributed by atoms with Crippen molar-refractivity contribution in [1.29, 1.82) is 0 Å². The van der Waals surface area contributed by atoms with Gasteiger partial charge < -0.3 is 4.90 Å². The largest absolute Gasteiger partial charge is 0.335 e. The van der Waals surface area contributed by atoms with E-state index in [4.69, 9.17) is 11.6 Å². The van der Waals surface area contributed by atoms with Gasteiger partial charge in [0.25, 0.3) is 0 Å². The quantitative estimate of drug-likeness (QED) is 0.593. The summed E-state index contributed by atoms with van der Waals surface area (Å²) in [4.78, 5) is 13.4. The van der Waals surface area contributed by atoms with Crippen molar-refractivity contribution < 1.29 is 9.18 Å². The monoisotopic (exact) mass is 269 g/mol. The molecular weight excluding hydrogens is 253 g/mol. The van der Waals surface area contributed by atoms with Crippen LogP contribution in [0.5, 0.6) is 0 Å². The summed E-state index contributed by atoms with van der Waals surface area (Å²) < 4.78 is 13.5. The summed E-state index contributed by atoms with van der Waals surface area (Å²) in [6.07, 6.45) is 3.05. The van der Waals surface area contributed by atoms with Crippen molar-refractivity contribution >= 4 is 17.5 Å². The SMILES string of the molecule is CCN(Cc1ccccc1F)C(=O)C=CC(C)Cl. The van der Waals surface area contributed by atoms with Crippen LogP contribution in [-0.4, -0.2) is 22.7 Å². The lowest BCUT2D eigenvalue weighted by Gasteiger charge is -2.19. The molecule has 2 nitrogen and oxygen atoms in total. The predicted molar refractivity (Wildman–Crippen MR) is 71.9 cm³/mol. The molecular formula is C14H17ClFNO. The number of nitrogens with zero attached hydrogens (tertiary/aromatic N) is 1. The van der Waals surface area contributed by atoms with Crippen molar-refractivity contribution in [2.45, 2.75) is 25.8 Å². The first-order valence-electron chi connectivity index (χ1n) is 5.89. The number of carbonyl (C=O) groups is 1. The van der Waals surface area contributed by atoms with Crippen molar-refractivity contribution in [3.05, 3.63) is 47.8 Å². The summed E-state index contributed by atoms with van der Waals surface area (Å²) in [5.74, 6) is -0.452. The molecule has 0 saturated carbocycles. The molecule has 0 aliphatic heterocycles. The highest BCUT2D eigenvalue weighted by Crippen LogP contribution is 2.10. The van der Waals surface area contributed by atoms with Crippen LogP contribution < -0.4 is 0 Å². The Kier molecular flexibility index (Phi) is 5.86. The fourth-order valence-electron chi connectivity index (χ4n) is 1.50. The lowest BCUT2D eigenvalue weighted by atomic mass is 10.2. The van der Waals surface area contributed by atoms with E-state index in [1.165, 1.54) is 12.1 Å². The second-order valence-electron chi connectivity index (χ2n) is 3.98. The van der Waals surface area contributed by atoms with E-state index in [0.717, 1.165) is 0 Å². The van der Waals surface area contributed by atoms with Crippen LogP contribution in [0, 0.1) is 5.82 Å². The number of halogens is 2. The van der Waals surface area contributed by atoms with Gasteiger partial charge in [-0.05, 0) is 19.9 Å². The minimum atomic E-state index is -0.293. The lowest BCUT2D eigenvalue weighted by molar-refractivity contribution is -0.126. The molecule has 0 aliphatic rings. The molecule has 0 aromatic heterocycles. The summed E-state index contributed by atoms with van der Waals surface area (Å²) in [5, 5.41) is -0.193. The summed E-state index contributed by atoms with van der Waals surface area (Å²) in [6, 6.07) is 6.46. The Hall–Kier alpha value is -1.35. The van der Waals surface area contributed by atoms with E-state index in [0.29, 0.717) is 12.1 Å². The molecule has 1 aromatic rings. The first-order chi connectivity index (χ1) is 8.54. The molecule has 0 bridgehead atoms. The average Bonchev–Trinajstić information content (AvgIpc) is 2.35. The molecule has 1 aromatic carbocycles. The lowest BCUT2D eigenvalue weighted by Crippen LogP contribution is -2.29. The van der Waals surface area contributed by atoms with Gasteiger partial charge in [0, 0.05) is 30.1 Å². The van der Waals surface area contributed by atoms with Crippen molar-refractivity contribution in [1.82, 2.24) is 4.90 Å². The standard InChI is InChI=1S/C14H17ClFNO/c1-3-17(14(18)9-8-11(2)15)10-12-6-4-5-7-13(12)16/h4-9,11H,3,10H2,1-2H3. The van der Waals surface area contributed by atoms with Gasteiger partial charge in [0.1, 0.15) is 5.82 Å². The Morgan fingerprint density at radius 2 is 2.17 bits per heavy atom. The number of likely N-dealkylation sites (N-methyl/N-ethyl adjacent to an activating group) is 1. The van der Waals surface area contributed by atoms with E-state index in [-0.39, 0.29) is 23.6 Å². The predicted octanol–water partition coefficient (Wildman–Crippen LogP) is 3.36. The van der Waals surface area contributed by atoms with E-state index in [1.54, 1.807) is 36.1 Å². The highest BCUT2D eigenvalue weighted by atomic mass is 35.5. The van der Waals surface area contributed by atoms with Gasteiger partial charge in [0.15, 0.2) is 0 Å². The van der Waals surface area contributed by atoms with Gasteiger partial charge in [-0.2, -0.15) is 0 Å². The number of amides is 1. The molecule has 0 N–H and O–H groups in total. The molecule has 1 unspecified atom stereocenters. The molecule has 0 heterocycles. The Labute approximate surface area is 112 Å². The van der Waals surface area contributed by atoms with Crippen molar-refractivity contribution in [3.8, 4) is 0 Å². The maximum atomic E-state index is 13.5. The van der Waals surface area contributed by atoms with Crippen molar-refractivity contribution in [2.75, 3.05) is 6.54 Å². The number of carbonyl (C=O) groups excluding carboxylic acids is 1. The number of hydrogen-bond donors (Lipinski definition) is 0. The average molecular weight is 270 g/mol. The zero-order valence-corrected chi connectivity index (χ0v) is 11.3. The Morgan fingerprint density at radius 1 is 1.50 bits per heavy atom. The van der Waals surface area contributed by atoms with Gasteiger partial charge in [-0.3, -0.25) is 4.79 Å². The Bertz CT molecular complexity index is 432. The second-order valence-corrected chi connectivity index (χ2v) is 4.67. The fourth-order valence-corrected chi connectivity index (χ4v) is 1.57. The van der Waals surface area contributed by atoms with E-state index in [9.17, 15) is 9.18 Å². The van der Waals surface area contributed by atoms with Gasteiger partial charge in [-0.25, -0.2) is 4.39 Å². The van der Waals surface area contributed by atoms with E-state index in [1.807, 2.05) is 6.92 Å². The molecule has 1 amide bonds. The minimum absolute atomic E-state index is 0.159. The van der Waals surface area contributed by atoms with Gasteiger partial charge >= 0.3 is 0 Å². The van der Waals surface area contributed by atoms with Gasteiger partial charge in [-0.1, -0.05) is 24.3 Å². The molecule has 1 atom stereocenters. The highest BCUT2D eigenvalue weighted by Gasteiger charge is 2.11. The van der Waals surface area contributed by atoms with Crippen LogP contribution in [0.3, 0.4) is 0 Å². The van der Waals surface area contributed by atoms with Crippen LogP contribution in [0.15, 0.2) is 36.4 Å². The topological polar surface area (TPSA) is 20.3 Å². The molecule has 0 aliphatic carbocycles. The molecule has 0 spiro atoms. The normalized spacial score (nSPS) is 12.7. The van der Waals surface area contributed by atoms with Crippen molar-refractivity contribution in [2.24, 2.45) is 0 Å².